The van der Waals surface area contributed by atoms with Crippen LogP contribution in [-0.4, -0.2) is 215 Å². The Morgan fingerprint density at radius 2 is 0.847 bits per heavy atom. The molecule has 98 heavy (non-hydrogen) atoms. The Morgan fingerprint density at radius 3 is 1.29 bits per heavy atom. The van der Waals surface area contributed by atoms with E-state index in [0.29, 0.717) is 37.8 Å². The number of carbonyl (C=O) groups is 12. The molecule has 1 aromatic rings. The Kier molecular flexibility index (Phi) is 42.2. The van der Waals surface area contributed by atoms with E-state index in [1.807, 2.05) is 13.8 Å². The van der Waals surface area contributed by atoms with Crippen molar-refractivity contribution in [1.82, 2.24) is 63.8 Å². The van der Waals surface area contributed by atoms with Gasteiger partial charge >= 0.3 is 5.97 Å². The third-order valence-corrected chi connectivity index (χ3v) is 15.8. The molecule has 554 valence electrons. The standard InChI is InChI=1S/C62H109N19O16S/c1-33(2)28-43(50(65)87)76-52(89)40(16-12-25-70-61(66)67)74-57(94)45(30-37-18-20-38(84)21-19-37)78-53(90)39(15-9-11-24-64)72-58(95)46(31-48(85)86)79-60(97)49(36(6)83)81-55(92)42(22-27-98-7)75-59(96)47(32-82)80-54(91)41(17-13-26-71-62(68)69)73-56(93)44(29-34(3)4)77-51(88)35(5)14-8-10-23-63/h18-21,33-36,39-47,49,82-84H,8-17,22-32,63-64H2,1-7H3,(H2,65,87)(H,72,95)(H,73,93)(H,74,94)(H,75,96)(H,76,89)(H,77,88)(H,78,90)(H,79,97)(H,80,91)(H,81,92)(H,85,86)(H4,66,67,70)(H4,68,69,71)/t35-,36+,39-,40-,41+,42-,43-,44-,45-,46-,47-,49-/m0/s1. The summed E-state index contributed by atoms with van der Waals surface area (Å²) in [6, 6.07) is -9.95. The highest BCUT2D eigenvalue weighted by Crippen LogP contribution is 2.16. The van der Waals surface area contributed by atoms with Crippen molar-refractivity contribution in [3.05, 3.63) is 29.8 Å². The third-order valence-electron chi connectivity index (χ3n) is 15.2. The molecular weight excluding hydrogens is 1300 g/mol. The lowest BCUT2D eigenvalue weighted by Crippen LogP contribution is -2.62. The van der Waals surface area contributed by atoms with Gasteiger partial charge in [-0.25, -0.2) is 0 Å². The molecule has 0 aliphatic heterocycles. The molecule has 11 amide bonds. The monoisotopic (exact) mass is 1410 g/mol. The van der Waals surface area contributed by atoms with E-state index < -0.39 is 156 Å². The van der Waals surface area contributed by atoms with Gasteiger partial charge in [-0.15, -0.1) is 0 Å². The Hall–Kier alpha value is -8.61. The maximum Gasteiger partial charge on any atom is 0.305 e. The van der Waals surface area contributed by atoms with Crippen molar-refractivity contribution in [2.24, 2.45) is 46.4 Å². The quantitative estimate of drug-likeness (QED) is 0.0166. The fourth-order valence-electron chi connectivity index (χ4n) is 9.80. The number of rotatable bonds is 50. The fourth-order valence-corrected chi connectivity index (χ4v) is 10.3. The third kappa shape index (κ3) is 35.6. The lowest BCUT2D eigenvalue weighted by Gasteiger charge is -2.29. The van der Waals surface area contributed by atoms with Gasteiger partial charge < -0.3 is 113 Å². The number of nitrogens with one attached hydrogen (secondary N) is 14. The largest absolute Gasteiger partial charge is 0.508 e. The number of phenolic OH excluding ortho intramolecular Hbond substituents is 1. The predicted molar refractivity (Wildman–Crippen MR) is 367 cm³/mol. The summed E-state index contributed by atoms with van der Waals surface area (Å²) in [6.07, 6.45) is 0.917. The van der Waals surface area contributed by atoms with Gasteiger partial charge in [-0.2, -0.15) is 11.8 Å². The number of nitrogens with two attached hydrogens (primary N) is 5. The molecule has 0 aromatic heterocycles. The van der Waals surface area contributed by atoms with Gasteiger partial charge in [0.05, 0.1) is 19.1 Å². The molecule has 35 nitrogen and oxygen atoms in total. The van der Waals surface area contributed by atoms with Crippen LogP contribution < -0.4 is 92.5 Å². The number of guanidine groups is 2. The van der Waals surface area contributed by atoms with Gasteiger partial charge in [0.15, 0.2) is 11.9 Å². The number of carboxylic acid groups (broad SMARTS) is 1. The molecule has 0 saturated carbocycles. The molecule has 0 heterocycles. The van der Waals surface area contributed by atoms with Crippen LogP contribution in [0.15, 0.2) is 24.3 Å². The van der Waals surface area contributed by atoms with E-state index in [1.54, 1.807) is 27.0 Å². The molecule has 36 heteroatoms. The minimum atomic E-state index is -2.03. The molecule has 0 spiro atoms. The number of hydrogen-bond acceptors (Lipinski definition) is 20. The van der Waals surface area contributed by atoms with Crippen LogP contribution in [0, 0.1) is 28.6 Å². The smallest absolute Gasteiger partial charge is 0.305 e. The topological polar surface area (TPSA) is 608 Å². The van der Waals surface area contributed by atoms with Crippen molar-refractivity contribution < 1.29 is 78.0 Å². The lowest BCUT2D eigenvalue weighted by atomic mass is 9.99. The van der Waals surface area contributed by atoms with Gasteiger partial charge in [-0.05, 0) is 139 Å². The maximum atomic E-state index is 14.5. The van der Waals surface area contributed by atoms with E-state index in [4.69, 9.17) is 39.5 Å². The first kappa shape index (κ1) is 87.4. The van der Waals surface area contributed by atoms with Crippen molar-refractivity contribution in [3.63, 3.8) is 0 Å². The second kappa shape index (κ2) is 47.4. The summed E-state index contributed by atoms with van der Waals surface area (Å²) >= 11 is 1.23. The average Bonchev–Trinajstić information content (AvgIpc) is 0.992. The zero-order valence-corrected chi connectivity index (χ0v) is 58.0. The molecule has 0 unspecified atom stereocenters. The number of phenols is 1. The molecule has 28 N–H and O–H groups in total. The summed E-state index contributed by atoms with van der Waals surface area (Å²) in [5.74, 6) is -13.5. The van der Waals surface area contributed by atoms with E-state index in [0.717, 1.165) is 6.92 Å². The van der Waals surface area contributed by atoms with Crippen LogP contribution in [0.1, 0.15) is 137 Å². The first-order chi connectivity index (χ1) is 46.2. The molecule has 12 atom stereocenters. The number of primary amides is 1. The number of aliphatic hydroxyl groups is 2. The van der Waals surface area contributed by atoms with Gasteiger partial charge in [-0.3, -0.25) is 68.4 Å². The Labute approximate surface area is 576 Å². The predicted octanol–water partition coefficient (Wildman–Crippen LogP) is -4.62. The molecule has 0 aliphatic rings. The summed E-state index contributed by atoms with van der Waals surface area (Å²) in [5, 5.41) is 86.7. The molecule has 1 aromatic carbocycles. The van der Waals surface area contributed by atoms with Crippen molar-refractivity contribution in [3.8, 4) is 5.75 Å². The molecule has 0 fully saturated rings. The normalized spacial score (nSPS) is 14.8. The number of carboxylic acids is 1. The average molecular weight is 1410 g/mol. The number of carbonyl (C=O) groups excluding carboxylic acids is 11. The number of unbranched alkanes of at least 4 members (excludes halogenated alkanes) is 2. The van der Waals surface area contributed by atoms with Gasteiger partial charge in [-0.1, -0.05) is 53.2 Å². The number of amides is 11. The summed E-state index contributed by atoms with van der Waals surface area (Å²) in [7, 11) is 0. The second-order valence-corrected chi connectivity index (χ2v) is 25.8. The fraction of sp³-hybridized carbons (Fsp3) is 0.677. The van der Waals surface area contributed by atoms with Crippen LogP contribution in [-0.2, 0) is 64.0 Å². The highest BCUT2D eigenvalue weighted by atomic mass is 32.2. The molecule has 0 aliphatic carbocycles. The number of aromatic hydroxyl groups is 1. The van der Waals surface area contributed by atoms with Crippen LogP contribution in [0.3, 0.4) is 0 Å². The van der Waals surface area contributed by atoms with E-state index in [9.17, 15) is 78.0 Å². The van der Waals surface area contributed by atoms with Crippen LogP contribution in [0.2, 0.25) is 0 Å². The summed E-state index contributed by atoms with van der Waals surface area (Å²) in [5.41, 5.74) is 28.3. The number of aliphatic carboxylic acids is 1. The number of thioether (sulfide) groups is 1. The zero-order valence-electron chi connectivity index (χ0n) is 57.2. The highest BCUT2D eigenvalue weighted by Gasteiger charge is 2.38. The van der Waals surface area contributed by atoms with E-state index in [2.05, 4.69) is 63.8 Å². The summed E-state index contributed by atoms with van der Waals surface area (Å²) in [4.78, 5) is 165. The minimum Gasteiger partial charge on any atom is -0.508 e. The van der Waals surface area contributed by atoms with Crippen LogP contribution in [0.5, 0.6) is 5.75 Å². The first-order valence-corrected chi connectivity index (χ1v) is 34.2. The number of hydrogen-bond donors (Lipinski definition) is 23. The van der Waals surface area contributed by atoms with E-state index in [1.165, 1.54) is 36.0 Å². The Morgan fingerprint density at radius 1 is 0.469 bits per heavy atom. The molecule has 0 bridgehead atoms. The van der Waals surface area contributed by atoms with Gasteiger partial charge in [0.2, 0.25) is 65.0 Å². The maximum absolute atomic E-state index is 14.5. The van der Waals surface area contributed by atoms with Crippen LogP contribution in [0.25, 0.3) is 0 Å². The van der Waals surface area contributed by atoms with Crippen LogP contribution >= 0.6 is 11.8 Å². The second-order valence-electron chi connectivity index (χ2n) is 24.8. The molecule has 0 saturated heterocycles. The molecular formula is C62H109N19O16S. The lowest BCUT2D eigenvalue weighted by molar-refractivity contribution is -0.142. The van der Waals surface area contributed by atoms with Crippen molar-refractivity contribution in [1.29, 1.82) is 10.8 Å². The van der Waals surface area contributed by atoms with Gasteiger partial charge in [0.25, 0.3) is 0 Å². The van der Waals surface area contributed by atoms with Gasteiger partial charge in [0.1, 0.15) is 66.2 Å². The van der Waals surface area contributed by atoms with E-state index >= 15 is 0 Å². The summed E-state index contributed by atoms with van der Waals surface area (Å²) in [6.45, 7) is 9.74. The van der Waals surface area contributed by atoms with Crippen molar-refractivity contribution in [2.75, 3.05) is 44.8 Å². The Bertz CT molecular complexity index is 2770. The highest BCUT2D eigenvalue weighted by molar-refractivity contribution is 7.98. The SMILES string of the molecule is CSCC[C@H](NC(=O)[C@H](CO)NC(=O)[C@@H](CCCNC(=N)N)NC(=O)[C@H](CC(C)C)NC(=O)[C@@H](C)CCCCN)C(=O)N[C@H](C(=O)N[C@@H](CC(=O)O)C(=O)N[C@@H](CCCCN)C(=O)N[C@@H](Cc1ccc(O)cc1)C(=O)N[C@@H](CCCNC(=N)N)C(=O)N[C@@H](CC(C)C)C(N)=O)[C@@H](C)O. The van der Waals surface area contributed by atoms with E-state index in [-0.39, 0.29) is 119 Å². The summed E-state index contributed by atoms with van der Waals surface area (Å²) < 4.78 is 0. The molecule has 0 radical (unpaired) electrons. The van der Waals surface area contributed by atoms with Crippen molar-refractivity contribution in [2.45, 2.75) is 204 Å². The van der Waals surface area contributed by atoms with Crippen LogP contribution in [0.4, 0.5) is 0 Å². The molecule has 1 rings (SSSR count). The number of benzene rings is 1. The number of aliphatic hydroxyl groups excluding tert-OH is 2. The minimum absolute atomic E-state index is 0.0834. The first-order valence-electron chi connectivity index (χ1n) is 32.8. The zero-order chi connectivity index (χ0) is 74.2. The van der Waals surface area contributed by atoms with Crippen molar-refractivity contribution >= 4 is 94.6 Å². The Balaban J connectivity index is 3.63. The van der Waals surface area contributed by atoms with Gasteiger partial charge in [0, 0.05) is 25.4 Å².